The van der Waals surface area contributed by atoms with E-state index in [1.54, 1.807) is 5.56 Å². The molecule has 15 heavy (non-hydrogen) atoms. The Balaban J connectivity index is 2.27. The summed E-state index contributed by atoms with van der Waals surface area (Å²) in [4.78, 5) is 3.76. The van der Waals surface area contributed by atoms with Gasteiger partial charge in [0.25, 0.3) is 0 Å². The lowest BCUT2D eigenvalue weighted by Gasteiger charge is -2.23. The zero-order valence-corrected chi connectivity index (χ0v) is 10.6. The molecule has 0 spiro atoms. The van der Waals surface area contributed by atoms with Crippen molar-refractivity contribution in [1.82, 2.24) is 4.90 Å². The highest BCUT2D eigenvalue weighted by Gasteiger charge is 2.13. The van der Waals surface area contributed by atoms with Gasteiger partial charge in [-0.1, -0.05) is 12.1 Å². The first-order valence-electron chi connectivity index (χ1n) is 5.60. The van der Waals surface area contributed by atoms with Gasteiger partial charge in [-0.15, -0.1) is 11.8 Å². The maximum atomic E-state index is 2.40. The third-order valence-electron chi connectivity index (χ3n) is 3.19. The number of fused-ring (bicyclic) bond motifs is 1. The summed E-state index contributed by atoms with van der Waals surface area (Å²) in [7, 11) is 4.28. The van der Waals surface area contributed by atoms with Crippen LogP contribution < -0.4 is 0 Å². The SMILES string of the molecule is CC(c1ccc2c(c1)CCCS2)N(C)C. The van der Waals surface area contributed by atoms with Gasteiger partial charge in [-0.25, -0.2) is 0 Å². The van der Waals surface area contributed by atoms with Crippen molar-refractivity contribution in [2.24, 2.45) is 0 Å². The van der Waals surface area contributed by atoms with Gasteiger partial charge < -0.3 is 4.90 Å². The predicted octanol–water partition coefficient (Wildman–Crippen LogP) is 3.35. The Morgan fingerprint density at radius 3 is 2.87 bits per heavy atom. The first-order chi connectivity index (χ1) is 7.18. The van der Waals surface area contributed by atoms with Crippen LogP contribution in [0.3, 0.4) is 0 Å². The van der Waals surface area contributed by atoms with E-state index >= 15 is 0 Å². The molecule has 2 rings (SSSR count). The topological polar surface area (TPSA) is 3.24 Å². The lowest BCUT2D eigenvalue weighted by molar-refractivity contribution is 0.321. The monoisotopic (exact) mass is 221 g/mol. The van der Waals surface area contributed by atoms with Crippen LogP contribution in [0.2, 0.25) is 0 Å². The van der Waals surface area contributed by atoms with Crippen molar-refractivity contribution in [2.75, 3.05) is 19.8 Å². The molecule has 2 heteroatoms. The normalized spacial score (nSPS) is 17.6. The summed E-state index contributed by atoms with van der Waals surface area (Å²) in [5.74, 6) is 1.29. The minimum atomic E-state index is 0.516. The fourth-order valence-corrected chi connectivity index (χ4v) is 2.96. The Labute approximate surface area is 96.9 Å². The van der Waals surface area contributed by atoms with Crippen molar-refractivity contribution in [3.63, 3.8) is 0 Å². The fraction of sp³-hybridized carbons (Fsp3) is 0.538. The summed E-state index contributed by atoms with van der Waals surface area (Å²) in [6.07, 6.45) is 2.59. The number of thioether (sulfide) groups is 1. The van der Waals surface area contributed by atoms with E-state index in [2.05, 4.69) is 44.1 Å². The van der Waals surface area contributed by atoms with Gasteiger partial charge in [-0.05, 0) is 56.8 Å². The summed E-state index contributed by atoms with van der Waals surface area (Å²) in [6.45, 7) is 2.26. The zero-order valence-electron chi connectivity index (χ0n) is 9.79. The smallest absolute Gasteiger partial charge is 0.0313 e. The number of rotatable bonds is 2. The molecule has 1 aromatic carbocycles. The van der Waals surface area contributed by atoms with Gasteiger partial charge in [0.2, 0.25) is 0 Å². The third kappa shape index (κ3) is 2.37. The first kappa shape index (κ1) is 11.0. The molecule has 1 unspecified atom stereocenters. The van der Waals surface area contributed by atoms with Gasteiger partial charge in [-0.2, -0.15) is 0 Å². The Morgan fingerprint density at radius 1 is 1.33 bits per heavy atom. The first-order valence-corrected chi connectivity index (χ1v) is 6.59. The molecule has 1 aliphatic rings. The molecule has 1 atom stereocenters. The third-order valence-corrected chi connectivity index (χ3v) is 4.39. The van der Waals surface area contributed by atoms with Crippen LogP contribution in [0.4, 0.5) is 0 Å². The van der Waals surface area contributed by atoms with Crippen molar-refractivity contribution < 1.29 is 0 Å². The van der Waals surface area contributed by atoms with E-state index in [1.165, 1.54) is 29.1 Å². The molecule has 0 N–H and O–H groups in total. The van der Waals surface area contributed by atoms with Gasteiger partial charge in [-0.3, -0.25) is 0 Å². The quantitative estimate of drug-likeness (QED) is 0.753. The Morgan fingerprint density at radius 2 is 2.13 bits per heavy atom. The van der Waals surface area contributed by atoms with Gasteiger partial charge in [0, 0.05) is 10.9 Å². The largest absolute Gasteiger partial charge is 0.303 e. The molecular weight excluding hydrogens is 202 g/mol. The van der Waals surface area contributed by atoms with Crippen LogP contribution >= 0.6 is 11.8 Å². The molecule has 0 amide bonds. The second kappa shape index (κ2) is 4.58. The minimum absolute atomic E-state index is 0.516. The van der Waals surface area contributed by atoms with Crippen molar-refractivity contribution in [3.05, 3.63) is 29.3 Å². The van der Waals surface area contributed by atoms with Gasteiger partial charge in [0.15, 0.2) is 0 Å². The summed E-state index contributed by atoms with van der Waals surface area (Å²) in [6, 6.07) is 7.49. The number of aryl methyl sites for hydroxylation is 1. The zero-order chi connectivity index (χ0) is 10.8. The summed E-state index contributed by atoms with van der Waals surface area (Å²) >= 11 is 2.00. The Kier molecular flexibility index (Phi) is 3.37. The molecule has 1 heterocycles. The number of benzene rings is 1. The maximum Gasteiger partial charge on any atom is 0.0313 e. The average molecular weight is 221 g/mol. The van der Waals surface area contributed by atoms with E-state index < -0.39 is 0 Å². The molecule has 1 aliphatic heterocycles. The molecule has 0 aliphatic carbocycles. The second-order valence-electron chi connectivity index (χ2n) is 4.46. The van der Waals surface area contributed by atoms with Crippen molar-refractivity contribution in [3.8, 4) is 0 Å². The second-order valence-corrected chi connectivity index (χ2v) is 5.60. The average Bonchev–Trinajstić information content (AvgIpc) is 2.27. The van der Waals surface area contributed by atoms with Gasteiger partial charge in [0.1, 0.15) is 0 Å². The van der Waals surface area contributed by atoms with E-state index in [1.807, 2.05) is 11.8 Å². The van der Waals surface area contributed by atoms with Gasteiger partial charge in [0.05, 0.1) is 0 Å². The lowest BCUT2D eigenvalue weighted by atomic mass is 10.0. The lowest BCUT2D eigenvalue weighted by Crippen LogP contribution is -2.17. The molecule has 1 aromatic rings. The highest BCUT2D eigenvalue weighted by molar-refractivity contribution is 7.99. The standard InChI is InChI=1S/C13H19NS/c1-10(14(2)3)11-6-7-13-12(9-11)5-4-8-15-13/h6-7,9-10H,4-5,8H2,1-3H3. The Hall–Kier alpha value is -0.470. The molecule has 0 radical (unpaired) electrons. The van der Waals surface area contributed by atoms with E-state index in [4.69, 9.17) is 0 Å². The summed E-state index contributed by atoms with van der Waals surface area (Å²) < 4.78 is 0. The van der Waals surface area contributed by atoms with Crippen LogP contribution in [-0.4, -0.2) is 24.7 Å². The Bertz CT molecular complexity index is 346. The molecule has 0 aromatic heterocycles. The van der Waals surface area contributed by atoms with Crippen LogP contribution in [0.25, 0.3) is 0 Å². The van der Waals surface area contributed by atoms with Crippen LogP contribution in [0, 0.1) is 0 Å². The molecule has 0 saturated heterocycles. The van der Waals surface area contributed by atoms with Crippen molar-refractivity contribution in [1.29, 1.82) is 0 Å². The van der Waals surface area contributed by atoms with Crippen LogP contribution in [0.15, 0.2) is 23.1 Å². The summed E-state index contributed by atoms with van der Waals surface area (Å²) in [5.41, 5.74) is 3.00. The van der Waals surface area contributed by atoms with E-state index in [9.17, 15) is 0 Å². The molecule has 0 saturated carbocycles. The van der Waals surface area contributed by atoms with Crippen molar-refractivity contribution >= 4 is 11.8 Å². The number of nitrogens with zero attached hydrogens (tertiary/aromatic N) is 1. The van der Waals surface area contributed by atoms with Crippen LogP contribution in [0.5, 0.6) is 0 Å². The molecular formula is C13H19NS. The molecule has 82 valence electrons. The van der Waals surface area contributed by atoms with E-state index in [0.717, 1.165) is 0 Å². The number of hydrogen-bond acceptors (Lipinski definition) is 2. The molecule has 1 nitrogen and oxygen atoms in total. The van der Waals surface area contributed by atoms with E-state index in [-0.39, 0.29) is 0 Å². The minimum Gasteiger partial charge on any atom is -0.303 e. The fourth-order valence-electron chi connectivity index (χ4n) is 1.94. The molecule has 0 bridgehead atoms. The van der Waals surface area contributed by atoms with Gasteiger partial charge >= 0.3 is 0 Å². The molecule has 0 fully saturated rings. The number of hydrogen-bond donors (Lipinski definition) is 0. The van der Waals surface area contributed by atoms with E-state index in [0.29, 0.717) is 6.04 Å². The highest BCUT2D eigenvalue weighted by Crippen LogP contribution is 2.32. The maximum absolute atomic E-state index is 2.40. The van der Waals surface area contributed by atoms with Crippen LogP contribution in [0.1, 0.15) is 30.5 Å². The summed E-state index contributed by atoms with van der Waals surface area (Å²) in [5, 5.41) is 0. The van der Waals surface area contributed by atoms with Crippen molar-refractivity contribution in [2.45, 2.75) is 30.7 Å². The predicted molar refractivity (Wildman–Crippen MR) is 67.6 cm³/mol. The highest BCUT2D eigenvalue weighted by atomic mass is 32.2. The van der Waals surface area contributed by atoms with Crippen LogP contribution in [-0.2, 0) is 6.42 Å².